The van der Waals surface area contributed by atoms with Crippen LogP contribution in [0.1, 0.15) is 41.3 Å². The van der Waals surface area contributed by atoms with Gasteiger partial charge in [-0.3, -0.25) is 14.2 Å². The fourth-order valence-electron chi connectivity index (χ4n) is 3.84. The second-order valence-corrected chi connectivity index (χ2v) is 9.53. The molecule has 1 amide bonds. The highest BCUT2D eigenvalue weighted by Gasteiger charge is 2.24. The summed E-state index contributed by atoms with van der Waals surface area (Å²) in [5.41, 5.74) is 4.18. The van der Waals surface area contributed by atoms with Crippen LogP contribution >= 0.6 is 23.1 Å². The van der Waals surface area contributed by atoms with Crippen LogP contribution in [0.25, 0.3) is 15.9 Å². The zero-order valence-corrected chi connectivity index (χ0v) is 18.6. The maximum absolute atomic E-state index is 13.6. The summed E-state index contributed by atoms with van der Waals surface area (Å²) in [5.74, 6) is 0.209. The van der Waals surface area contributed by atoms with E-state index in [1.165, 1.54) is 22.2 Å². The Hall–Kier alpha value is -2.12. The Morgan fingerprint density at radius 1 is 1.31 bits per heavy atom. The monoisotopic (exact) mass is 427 g/mol. The van der Waals surface area contributed by atoms with E-state index in [4.69, 9.17) is 4.98 Å². The largest absolute Gasteiger partial charge is 0.355 e. The Morgan fingerprint density at radius 3 is 2.90 bits per heavy atom. The van der Waals surface area contributed by atoms with Crippen molar-refractivity contribution in [3.8, 4) is 5.69 Å². The molecule has 7 heteroatoms. The number of hydrogen-bond acceptors (Lipinski definition) is 5. The summed E-state index contributed by atoms with van der Waals surface area (Å²) in [6.45, 7) is 6.74. The highest BCUT2D eigenvalue weighted by Crippen LogP contribution is 2.36. The SMILES string of the molecule is CCCNC(=O)CSc1nc2sc3c(c2c(=O)n1-c1ccc(C)cc1C)CCC3. The smallest absolute Gasteiger partial charge is 0.267 e. The van der Waals surface area contributed by atoms with Crippen molar-refractivity contribution in [3.63, 3.8) is 0 Å². The van der Waals surface area contributed by atoms with E-state index in [0.29, 0.717) is 11.7 Å². The van der Waals surface area contributed by atoms with Crippen molar-refractivity contribution < 1.29 is 4.79 Å². The quantitative estimate of drug-likeness (QED) is 0.474. The van der Waals surface area contributed by atoms with E-state index in [9.17, 15) is 9.59 Å². The molecule has 152 valence electrons. The Labute approximate surface area is 178 Å². The molecule has 5 nitrogen and oxygen atoms in total. The van der Waals surface area contributed by atoms with Crippen molar-refractivity contribution >= 4 is 39.2 Å². The predicted molar refractivity (Wildman–Crippen MR) is 121 cm³/mol. The molecule has 0 bridgehead atoms. The third-order valence-corrected chi connectivity index (χ3v) is 7.33. The number of hydrogen-bond donors (Lipinski definition) is 1. The van der Waals surface area contributed by atoms with Crippen LogP contribution in [-0.4, -0.2) is 27.8 Å². The van der Waals surface area contributed by atoms with Crippen LogP contribution in [0, 0.1) is 13.8 Å². The summed E-state index contributed by atoms with van der Waals surface area (Å²) < 4.78 is 1.71. The van der Waals surface area contributed by atoms with Crippen LogP contribution in [0.2, 0.25) is 0 Å². The summed E-state index contributed by atoms with van der Waals surface area (Å²) in [6.07, 6.45) is 3.98. The normalized spacial score (nSPS) is 13.1. The van der Waals surface area contributed by atoms with E-state index >= 15 is 0 Å². The van der Waals surface area contributed by atoms with Crippen LogP contribution < -0.4 is 10.9 Å². The van der Waals surface area contributed by atoms with Crippen LogP contribution in [0.5, 0.6) is 0 Å². The average molecular weight is 428 g/mol. The van der Waals surface area contributed by atoms with Gasteiger partial charge < -0.3 is 5.32 Å². The molecule has 0 saturated heterocycles. The van der Waals surface area contributed by atoms with Gasteiger partial charge in [-0.1, -0.05) is 36.4 Å². The maximum Gasteiger partial charge on any atom is 0.267 e. The minimum Gasteiger partial charge on any atom is -0.355 e. The van der Waals surface area contributed by atoms with Crippen molar-refractivity contribution in [2.45, 2.75) is 51.6 Å². The number of benzene rings is 1. The van der Waals surface area contributed by atoms with Crippen molar-refractivity contribution in [2.75, 3.05) is 12.3 Å². The molecule has 0 fully saturated rings. The molecule has 1 aliphatic rings. The van der Waals surface area contributed by atoms with Gasteiger partial charge in [-0.15, -0.1) is 11.3 Å². The lowest BCUT2D eigenvalue weighted by Crippen LogP contribution is -2.27. The van der Waals surface area contributed by atoms with Gasteiger partial charge in [0.2, 0.25) is 5.91 Å². The molecule has 29 heavy (non-hydrogen) atoms. The van der Waals surface area contributed by atoms with Gasteiger partial charge in [0.15, 0.2) is 5.16 Å². The number of carbonyl (C=O) groups is 1. The first kappa shape index (κ1) is 20.2. The number of fused-ring (bicyclic) bond motifs is 3. The standard InChI is InChI=1S/C22H25N3O2S2/c1-4-10-23-18(26)12-28-22-24-20-19(15-6-5-7-17(15)29-20)21(27)25(22)16-9-8-13(2)11-14(16)3/h8-9,11H,4-7,10,12H2,1-3H3,(H,23,26). The van der Waals surface area contributed by atoms with Crippen molar-refractivity contribution in [3.05, 3.63) is 50.1 Å². The molecule has 0 aliphatic heterocycles. The number of nitrogens with one attached hydrogen (secondary N) is 1. The van der Waals surface area contributed by atoms with E-state index in [2.05, 4.69) is 11.4 Å². The van der Waals surface area contributed by atoms with Crippen LogP contribution in [0.15, 0.2) is 28.2 Å². The highest BCUT2D eigenvalue weighted by molar-refractivity contribution is 7.99. The van der Waals surface area contributed by atoms with Crippen LogP contribution in [0.3, 0.4) is 0 Å². The van der Waals surface area contributed by atoms with Gasteiger partial charge in [-0.2, -0.15) is 0 Å². The number of amides is 1. The molecular formula is C22H25N3O2S2. The summed E-state index contributed by atoms with van der Waals surface area (Å²) in [6, 6.07) is 6.07. The van der Waals surface area contributed by atoms with Gasteiger partial charge >= 0.3 is 0 Å². The second kappa shape index (κ2) is 8.32. The molecule has 0 unspecified atom stereocenters. The van der Waals surface area contributed by atoms with Crippen LogP contribution in [0.4, 0.5) is 0 Å². The molecule has 0 spiro atoms. The first-order valence-electron chi connectivity index (χ1n) is 10.0. The summed E-state index contributed by atoms with van der Waals surface area (Å²) >= 11 is 2.96. The van der Waals surface area contributed by atoms with Crippen molar-refractivity contribution in [2.24, 2.45) is 0 Å². The summed E-state index contributed by atoms with van der Waals surface area (Å²) in [4.78, 5) is 32.7. The van der Waals surface area contributed by atoms with Crippen molar-refractivity contribution in [1.82, 2.24) is 14.9 Å². The number of thiophene rings is 1. The minimum absolute atomic E-state index is 0.0159. The number of thioether (sulfide) groups is 1. The molecule has 1 aliphatic carbocycles. The van der Waals surface area contributed by atoms with E-state index in [0.717, 1.165) is 52.7 Å². The summed E-state index contributed by atoms with van der Waals surface area (Å²) in [7, 11) is 0. The fraction of sp³-hybridized carbons (Fsp3) is 0.409. The lowest BCUT2D eigenvalue weighted by molar-refractivity contribution is -0.118. The number of nitrogens with zero attached hydrogens (tertiary/aromatic N) is 2. The van der Waals surface area contributed by atoms with E-state index in [1.807, 2.05) is 32.9 Å². The third kappa shape index (κ3) is 3.85. The Morgan fingerprint density at radius 2 is 2.14 bits per heavy atom. The van der Waals surface area contributed by atoms with Gasteiger partial charge in [-0.05, 0) is 56.7 Å². The zero-order valence-electron chi connectivity index (χ0n) is 17.0. The Kier molecular flexibility index (Phi) is 5.79. The fourth-order valence-corrected chi connectivity index (χ4v) is 5.97. The number of rotatable bonds is 6. The first-order valence-corrected chi connectivity index (χ1v) is 11.8. The van der Waals surface area contributed by atoms with Crippen molar-refractivity contribution in [1.29, 1.82) is 0 Å². The minimum atomic E-state index is -0.0351. The van der Waals surface area contributed by atoms with Crippen LogP contribution in [-0.2, 0) is 17.6 Å². The zero-order chi connectivity index (χ0) is 20.5. The van der Waals surface area contributed by atoms with E-state index < -0.39 is 0 Å². The molecular weight excluding hydrogens is 402 g/mol. The Balaban J connectivity index is 1.84. The van der Waals surface area contributed by atoms with Gasteiger partial charge in [-0.25, -0.2) is 4.98 Å². The number of aryl methyl sites for hydroxylation is 4. The van der Waals surface area contributed by atoms with Gasteiger partial charge in [0.05, 0.1) is 16.8 Å². The van der Waals surface area contributed by atoms with Gasteiger partial charge in [0, 0.05) is 11.4 Å². The molecule has 4 rings (SSSR count). The molecule has 3 aromatic rings. The Bertz CT molecular complexity index is 1150. The average Bonchev–Trinajstić information content (AvgIpc) is 3.26. The second-order valence-electron chi connectivity index (χ2n) is 7.50. The molecule has 2 heterocycles. The molecule has 1 N–H and O–H groups in total. The number of aromatic nitrogens is 2. The lowest BCUT2D eigenvalue weighted by Gasteiger charge is -2.15. The molecule has 1 aromatic carbocycles. The van der Waals surface area contributed by atoms with E-state index in [1.54, 1.807) is 15.9 Å². The van der Waals surface area contributed by atoms with Gasteiger partial charge in [0.1, 0.15) is 4.83 Å². The highest BCUT2D eigenvalue weighted by atomic mass is 32.2. The van der Waals surface area contributed by atoms with Gasteiger partial charge in [0.25, 0.3) is 5.56 Å². The number of carbonyl (C=O) groups excluding carboxylic acids is 1. The maximum atomic E-state index is 13.6. The topological polar surface area (TPSA) is 64.0 Å². The third-order valence-electron chi connectivity index (χ3n) is 5.21. The lowest BCUT2D eigenvalue weighted by atomic mass is 10.1. The first-order chi connectivity index (χ1) is 14.0. The molecule has 0 atom stereocenters. The summed E-state index contributed by atoms with van der Waals surface area (Å²) in [5, 5.41) is 4.24. The molecule has 0 radical (unpaired) electrons. The van der Waals surface area contributed by atoms with E-state index in [-0.39, 0.29) is 17.2 Å². The predicted octanol–water partition coefficient (Wildman–Crippen LogP) is 4.17. The molecule has 2 aromatic heterocycles. The molecule has 0 saturated carbocycles.